The smallest absolute Gasteiger partial charge is 0.224 e. The molecule has 132 valence electrons. The van der Waals surface area contributed by atoms with E-state index >= 15 is 0 Å². The zero-order valence-corrected chi connectivity index (χ0v) is 14.3. The van der Waals surface area contributed by atoms with Gasteiger partial charge in [-0.1, -0.05) is 12.1 Å². The van der Waals surface area contributed by atoms with Gasteiger partial charge >= 0.3 is 0 Å². The highest BCUT2D eigenvalue weighted by Crippen LogP contribution is 2.34. The van der Waals surface area contributed by atoms with E-state index in [0.717, 1.165) is 18.4 Å². The van der Waals surface area contributed by atoms with Crippen molar-refractivity contribution in [3.63, 3.8) is 0 Å². The van der Waals surface area contributed by atoms with Gasteiger partial charge in [0.25, 0.3) is 0 Å². The average molecular weight is 355 g/mol. The summed E-state index contributed by atoms with van der Waals surface area (Å²) in [6, 6.07) is 6.37. The zero-order chi connectivity index (χ0) is 17.2. The maximum absolute atomic E-state index is 13.2. The van der Waals surface area contributed by atoms with Crippen LogP contribution in [-0.4, -0.2) is 45.6 Å². The molecule has 0 bridgehead atoms. The number of amides is 1. The van der Waals surface area contributed by atoms with E-state index in [2.05, 4.69) is 5.32 Å². The molecule has 2 fully saturated rings. The number of ether oxygens (including phenoxy) is 1. The molecule has 24 heavy (non-hydrogen) atoms. The van der Waals surface area contributed by atoms with Crippen molar-refractivity contribution < 1.29 is 22.3 Å². The maximum atomic E-state index is 13.2. The normalized spacial score (nSPS) is 25.3. The molecule has 1 aromatic rings. The second-order valence-corrected chi connectivity index (χ2v) is 8.95. The van der Waals surface area contributed by atoms with Crippen LogP contribution in [0.5, 0.6) is 0 Å². The number of sulfone groups is 1. The first-order chi connectivity index (χ1) is 11.4. The molecule has 0 spiro atoms. The van der Waals surface area contributed by atoms with Gasteiger partial charge in [0, 0.05) is 25.2 Å². The Hall–Kier alpha value is -1.47. The minimum Gasteiger partial charge on any atom is -0.381 e. The highest BCUT2D eigenvalue weighted by atomic mass is 32.2. The predicted molar refractivity (Wildman–Crippen MR) is 87.9 cm³/mol. The third kappa shape index (κ3) is 3.78. The molecule has 0 aliphatic carbocycles. The van der Waals surface area contributed by atoms with Gasteiger partial charge in [0.15, 0.2) is 9.84 Å². The van der Waals surface area contributed by atoms with Crippen molar-refractivity contribution >= 4 is 15.7 Å². The highest BCUT2D eigenvalue weighted by Gasteiger charge is 2.37. The molecule has 7 heteroatoms. The summed E-state index contributed by atoms with van der Waals surface area (Å²) in [6.07, 6.45) is 1.87. The SMILES string of the molecule is O=C(NCC1(c2ccc(F)cc2)CCOCC1)C1CCS(=O)(=O)C1. The van der Waals surface area contributed by atoms with Crippen molar-refractivity contribution in [1.29, 1.82) is 0 Å². The molecule has 3 rings (SSSR count). The summed E-state index contributed by atoms with van der Waals surface area (Å²) in [6.45, 7) is 1.59. The summed E-state index contributed by atoms with van der Waals surface area (Å²) >= 11 is 0. The predicted octanol–water partition coefficient (Wildman–Crippen LogP) is 1.42. The van der Waals surface area contributed by atoms with Crippen molar-refractivity contribution in [2.45, 2.75) is 24.7 Å². The van der Waals surface area contributed by atoms with Crippen LogP contribution in [0.25, 0.3) is 0 Å². The Bertz CT molecular complexity index is 696. The summed E-state index contributed by atoms with van der Waals surface area (Å²) < 4.78 is 41.7. The van der Waals surface area contributed by atoms with Gasteiger partial charge in [-0.15, -0.1) is 0 Å². The van der Waals surface area contributed by atoms with Crippen LogP contribution in [0.4, 0.5) is 4.39 Å². The monoisotopic (exact) mass is 355 g/mol. The number of nitrogens with one attached hydrogen (secondary N) is 1. The van der Waals surface area contributed by atoms with Gasteiger partial charge in [-0.2, -0.15) is 0 Å². The number of rotatable bonds is 4. The molecule has 0 radical (unpaired) electrons. The molecule has 1 N–H and O–H groups in total. The Kier molecular flexibility index (Phi) is 4.92. The van der Waals surface area contributed by atoms with E-state index in [0.29, 0.717) is 26.2 Å². The van der Waals surface area contributed by atoms with Crippen LogP contribution in [0.2, 0.25) is 0 Å². The fourth-order valence-electron chi connectivity index (χ4n) is 3.54. The lowest BCUT2D eigenvalue weighted by Gasteiger charge is -2.38. The summed E-state index contributed by atoms with van der Waals surface area (Å²) in [7, 11) is -3.08. The highest BCUT2D eigenvalue weighted by molar-refractivity contribution is 7.91. The van der Waals surface area contributed by atoms with Crippen molar-refractivity contribution in [2.24, 2.45) is 5.92 Å². The van der Waals surface area contributed by atoms with Gasteiger partial charge < -0.3 is 10.1 Å². The topological polar surface area (TPSA) is 72.5 Å². The van der Waals surface area contributed by atoms with Gasteiger partial charge in [-0.05, 0) is 37.0 Å². The zero-order valence-electron chi connectivity index (χ0n) is 13.5. The van der Waals surface area contributed by atoms with Gasteiger partial charge in [-0.3, -0.25) is 4.79 Å². The molecule has 2 heterocycles. The number of halogens is 1. The molecule has 0 saturated carbocycles. The molecule has 1 atom stereocenters. The van der Waals surface area contributed by atoms with Crippen LogP contribution in [0.1, 0.15) is 24.8 Å². The summed E-state index contributed by atoms with van der Waals surface area (Å²) in [5, 5.41) is 2.93. The van der Waals surface area contributed by atoms with Crippen LogP contribution < -0.4 is 5.32 Å². The minimum atomic E-state index is -3.08. The Balaban J connectivity index is 1.71. The second kappa shape index (κ2) is 6.80. The Morgan fingerprint density at radius 3 is 2.50 bits per heavy atom. The number of carbonyl (C=O) groups excluding carboxylic acids is 1. The van der Waals surface area contributed by atoms with E-state index in [9.17, 15) is 17.6 Å². The largest absolute Gasteiger partial charge is 0.381 e. The van der Waals surface area contributed by atoms with Crippen LogP contribution in [0, 0.1) is 11.7 Å². The first kappa shape index (κ1) is 17.4. The molecule has 2 aliphatic heterocycles. The molecule has 2 saturated heterocycles. The van der Waals surface area contributed by atoms with Crippen LogP contribution >= 0.6 is 0 Å². The van der Waals surface area contributed by atoms with Gasteiger partial charge in [0.2, 0.25) is 5.91 Å². The lowest BCUT2D eigenvalue weighted by atomic mass is 9.74. The lowest BCUT2D eigenvalue weighted by molar-refractivity contribution is -0.124. The van der Waals surface area contributed by atoms with Crippen molar-refractivity contribution in [3.8, 4) is 0 Å². The fourth-order valence-corrected chi connectivity index (χ4v) is 5.28. The molecule has 0 aromatic heterocycles. The van der Waals surface area contributed by atoms with E-state index in [-0.39, 0.29) is 28.6 Å². The molecule has 2 aliphatic rings. The summed E-state index contributed by atoms with van der Waals surface area (Å²) in [5.74, 6) is -0.932. The van der Waals surface area contributed by atoms with Gasteiger partial charge in [0.05, 0.1) is 17.4 Å². The quantitative estimate of drug-likeness (QED) is 0.887. The van der Waals surface area contributed by atoms with Crippen molar-refractivity contribution in [2.75, 3.05) is 31.3 Å². The van der Waals surface area contributed by atoms with Crippen molar-refractivity contribution in [1.82, 2.24) is 5.32 Å². The Morgan fingerprint density at radius 1 is 1.25 bits per heavy atom. The fraction of sp³-hybridized carbons (Fsp3) is 0.588. The van der Waals surface area contributed by atoms with Gasteiger partial charge in [0.1, 0.15) is 5.82 Å². The minimum absolute atomic E-state index is 0.0640. The van der Waals surface area contributed by atoms with E-state index in [4.69, 9.17) is 4.74 Å². The summed E-state index contributed by atoms with van der Waals surface area (Å²) in [4.78, 5) is 12.3. The molecule has 1 amide bonds. The van der Waals surface area contributed by atoms with E-state index < -0.39 is 15.8 Å². The maximum Gasteiger partial charge on any atom is 0.224 e. The van der Waals surface area contributed by atoms with Crippen LogP contribution in [-0.2, 0) is 24.8 Å². The molecule has 5 nitrogen and oxygen atoms in total. The number of hydrogen-bond donors (Lipinski definition) is 1. The lowest BCUT2D eigenvalue weighted by Crippen LogP contribution is -2.46. The first-order valence-electron chi connectivity index (χ1n) is 8.22. The van der Waals surface area contributed by atoms with Crippen LogP contribution in [0.15, 0.2) is 24.3 Å². The Labute approximate surface area is 141 Å². The molecular formula is C17H22FNO4S. The first-order valence-corrected chi connectivity index (χ1v) is 10.0. The van der Waals surface area contributed by atoms with Crippen molar-refractivity contribution in [3.05, 3.63) is 35.6 Å². The number of carbonyl (C=O) groups is 1. The van der Waals surface area contributed by atoms with E-state index in [1.807, 2.05) is 0 Å². The third-order valence-corrected chi connectivity index (χ3v) is 6.88. The van der Waals surface area contributed by atoms with Crippen LogP contribution in [0.3, 0.4) is 0 Å². The number of hydrogen-bond acceptors (Lipinski definition) is 4. The molecular weight excluding hydrogens is 333 g/mol. The average Bonchev–Trinajstić information content (AvgIpc) is 2.94. The summed E-state index contributed by atoms with van der Waals surface area (Å²) in [5.41, 5.74) is 0.686. The van der Waals surface area contributed by atoms with E-state index in [1.165, 1.54) is 12.1 Å². The molecule has 1 aromatic carbocycles. The Morgan fingerprint density at radius 2 is 1.92 bits per heavy atom. The molecule has 1 unspecified atom stereocenters. The second-order valence-electron chi connectivity index (χ2n) is 6.72. The van der Waals surface area contributed by atoms with E-state index in [1.54, 1.807) is 12.1 Å². The third-order valence-electron chi connectivity index (χ3n) is 5.11. The number of benzene rings is 1. The van der Waals surface area contributed by atoms with Gasteiger partial charge in [-0.25, -0.2) is 12.8 Å². The standard InChI is InChI=1S/C17H22FNO4S/c18-15-3-1-14(2-4-15)17(6-8-23-9-7-17)12-19-16(20)13-5-10-24(21,22)11-13/h1-4,13H,5-12H2,(H,19,20).